The van der Waals surface area contributed by atoms with Crippen LogP contribution in [0.2, 0.25) is 0 Å². The van der Waals surface area contributed by atoms with E-state index in [1.165, 1.54) is 6.42 Å². The molecule has 1 saturated heterocycles. The fraction of sp³-hybridized carbons (Fsp3) is 0.824. The lowest BCUT2D eigenvalue weighted by Gasteiger charge is -2.32. The molecule has 5 atom stereocenters. The van der Waals surface area contributed by atoms with Gasteiger partial charge in [-0.25, -0.2) is 0 Å². The summed E-state index contributed by atoms with van der Waals surface area (Å²) < 4.78 is 11.6. The molecule has 1 aliphatic heterocycles. The number of carbonyl (C=O) groups is 1. The fourth-order valence-electron chi connectivity index (χ4n) is 4.13. The van der Waals surface area contributed by atoms with Gasteiger partial charge in [-0.2, -0.15) is 0 Å². The van der Waals surface area contributed by atoms with Gasteiger partial charge in [-0.05, 0) is 50.4 Å². The van der Waals surface area contributed by atoms with Gasteiger partial charge in [0, 0.05) is 17.9 Å². The van der Waals surface area contributed by atoms with E-state index >= 15 is 0 Å². The first kappa shape index (κ1) is 14.3. The Morgan fingerprint density at radius 3 is 3.05 bits per heavy atom. The van der Waals surface area contributed by atoms with E-state index < -0.39 is 0 Å². The van der Waals surface area contributed by atoms with Crippen molar-refractivity contribution in [1.29, 1.82) is 0 Å². The van der Waals surface area contributed by atoms with Gasteiger partial charge in [0.1, 0.15) is 5.78 Å². The number of ketones is 1. The van der Waals surface area contributed by atoms with E-state index in [1.807, 2.05) is 6.08 Å². The summed E-state index contributed by atoms with van der Waals surface area (Å²) in [6.07, 6.45) is 8.09. The van der Waals surface area contributed by atoms with Crippen LogP contribution in [0.25, 0.3) is 0 Å². The summed E-state index contributed by atoms with van der Waals surface area (Å²) in [5, 5.41) is 0. The van der Waals surface area contributed by atoms with Gasteiger partial charge < -0.3 is 9.47 Å². The summed E-state index contributed by atoms with van der Waals surface area (Å²) in [5.41, 5.74) is -0.0621. The Kier molecular flexibility index (Phi) is 4.00. The maximum Gasteiger partial charge on any atom is 0.157 e. The summed E-state index contributed by atoms with van der Waals surface area (Å²) in [6.45, 7) is 7.51. The molecule has 0 aromatic carbocycles. The van der Waals surface area contributed by atoms with Crippen molar-refractivity contribution in [3.8, 4) is 0 Å². The third-order valence-corrected chi connectivity index (χ3v) is 5.48. The van der Waals surface area contributed by atoms with Gasteiger partial charge in [0.25, 0.3) is 0 Å². The molecule has 3 aliphatic rings. The van der Waals surface area contributed by atoms with Crippen molar-refractivity contribution in [1.82, 2.24) is 0 Å². The van der Waals surface area contributed by atoms with Crippen molar-refractivity contribution in [2.75, 3.05) is 13.2 Å². The summed E-state index contributed by atoms with van der Waals surface area (Å²) in [6, 6.07) is 0. The minimum absolute atomic E-state index is 0.00996. The summed E-state index contributed by atoms with van der Waals surface area (Å²) in [5.74, 6) is 1.69. The molecule has 1 heterocycles. The molecule has 0 spiro atoms. The van der Waals surface area contributed by atoms with E-state index in [0.717, 1.165) is 45.3 Å². The van der Waals surface area contributed by atoms with Gasteiger partial charge >= 0.3 is 0 Å². The van der Waals surface area contributed by atoms with Crippen molar-refractivity contribution in [3.05, 3.63) is 12.7 Å². The van der Waals surface area contributed by atoms with Gasteiger partial charge in [0.05, 0.1) is 6.61 Å². The molecule has 112 valence electrons. The molecule has 20 heavy (non-hydrogen) atoms. The molecule has 0 amide bonds. The minimum atomic E-state index is -0.0621. The number of hydrogen-bond donors (Lipinski definition) is 0. The van der Waals surface area contributed by atoms with E-state index in [9.17, 15) is 4.79 Å². The highest BCUT2D eigenvalue weighted by Gasteiger charge is 2.63. The summed E-state index contributed by atoms with van der Waals surface area (Å²) >= 11 is 0. The highest BCUT2D eigenvalue weighted by atomic mass is 16.7. The molecule has 5 unspecified atom stereocenters. The quantitative estimate of drug-likeness (QED) is 0.724. The summed E-state index contributed by atoms with van der Waals surface area (Å²) in [7, 11) is 0. The van der Waals surface area contributed by atoms with Crippen molar-refractivity contribution < 1.29 is 14.3 Å². The van der Waals surface area contributed by atoms with E-state index in [1.54, 1.807) is 0 Å². The van der Waals surface area contributed by atoms with Gasteiger partial charge in [-0.3, -0.25) is 4.79 Å². The predicted octanol–water partition coefficient (Wildman–Crippen LogP) is 3.34. The van der Waals surface area contributed by atoms with Gasteiger partial charge in [-0.1, -0.05) is 13.0 Å². The largest absolute Gasteiger partial charge is 0.353 e. The number of rotatable bonds is 5. The molecule has 3 nitrogen and oxygen atoms in total. The smallest absolute Gasteiger partial charge is 0.157 e. The Hall–Kier alpha value is -0.670. The molecule has 0 aromatic rings. The van der Waals surface area contributed by atoms with Crippen LogP contribution in [0.5, 0.6) is 0 Å². The topological polar surface area (TPSA) is 35.5 Å². The van der Waals surface area contributed by atoms with E-state index in [0.29, 0.717) is 17.6 Å². The van der Waals surface area contributed by atoms with Crippen molar-refractivity contribution >= 4 is 5.78 Å². The predicted molar refractivity (Wildman–Crippen MR) is 77.2 cm³/mol. The lowest BCUT2D eigenvalue weighted by molar-refractivity contribution is -0.173. The Morgan fingerprint density at radius 1 is 1.50 bits per heavy atom. The fourth-order valence-corrected chi connectivity index (χ4v) is 4.13. The van der Waals surface area contributed by atoms with Crippen molar-refractivity contribution in [3.63, 3.8) is 0 Å². The zero-order valence-electron chi connectivity index (χ0n) is 12.5. The standard InChI is InChI=1S/C17H26O3/c1-3-6-12-9-13(14-10-17(14,2)16(12)18)11-20-15-7-4-5-8-19-15/h3,12-15H,1,4-11H2,2H3. The average Bonchev–Trinajstić information content (AvgIpc) is 3.16. The Bertz CT molecular complexity index is 386. The zero-order chi connectivity index (χ0) is 14.2. The first-order valence-electron chi connectivity index (χ1n) is 8.03. The van der Waals surface area contributed by atoms with Crippen LogP contribution in [0.15, 0.2) is 12.7 Å². The molecule has 2 aliphatic carbocycles. The van der Waals surface area contributed by atoms with Crippen LogP contribution in [-0.4, -0.2) is 25.3 Å². The number of ether oxygens (including phenoxy) is 2. The van der Waals surface area contributed by atoms with Crippen LogP contribution < -0.4 is 0 Å². The molecule has 0 N–H and O–H groups in total. The lowest BCUT2D eigenvalue weighted by Crippen LogP contribution is -2.36. The lowest BCUT2D eigenvalue weighted by atomic mass is 9.74. The number of allylic oxidation sites excluding steroid dienone is 1. The van der Waals surface area contributed by atoms with Crippen LogP contribution in [0, 0.1) is 23.2 Å². The Balaban J connectivity index is 1.56. The molecule has 2 saturated carbocycles. The molecular weight excluding hydrogens is 252 g/mol. The maximum absolute atomic E-state index is 12.4. The second kappa shape index (κ2) is 5.61. The Morgan fingerprint density at radius 2 is 2.35 bits per heavy atom. The van der Waals surface area contributed by atoms with Crippen LogP contribution in [-0.2, 0) is 14.3 Å². The monoisotopic (exact) mass is 278 g/mol. The van der Waals surface area contributed by atoms with E-state index in [-0.39, 0.29) is 17.6 Å². The molecule has 0 aromatic heterocycles. The zero-order valence-corrected chi connectivity index (χ0v) is 12.5. The average molecular weight is 278 g/mol. The molecular formula is C17H26O3. The second-order valence-corrected chi connectivity index (χ2v) is 6.94. The first-order valence-corrected chi connectivity index (χ1v) is 8.03. The number of fused-ring (bicyclic) bond motifs is 1. The minimum Gasteiger partial charge on any atom is -0.353 e. The van der Waals surface area contributed by atoms with E-state index in [4.69, 9.17) is 9.47 Å². The van der Waals surface area contributed by atoms with Crippen LogP contribution in [0.1, 0.15) is 45.4 Å². The van der Waals surface area contributed by atoms with Gasteiger partial charge in [0.15, 0.2) is 6.29 Å². The highest BCUT2D eigenvalue weighted by molar-refractivity contribution is 5.90. The van der Waals surface area contributed by atoms with Crippen molar-refractivity contribution in [2.45, 2.75) is 51.7 Å². The number of Topliss-reactive ketones (excluding diaryl/α,β-unsaturated/α-hetero) is 1. The third-order valence-electron chi connectivity index (χ3n) is 5.48. The van der Waals surface area contributed by atoms with Crippen LogP contribution in [0.3, 0.4) is 0 Å². The van der Waals surface area contributed by atoms with Crippen LogP contribution >= 0.6 is 0 Å². The molecule has 3 heteroatoms. The number of carbonyl (C=O) groups excluding carboxylic acids is 1. The first-order chi connectivity index (χ1) is 9.65. The normalized spacial score (nSPS) is 44.0. The maximum atomic E-state index is 12.4. The van der Waals surface area contributed by atoms with Crippen molar-refractivity contribution in [2.24, 2.45) is 23.2 Å². The molecule has 0 bridgehead atoms. The van der Waals surface area contributed by atoms with E-state index in [2.05, 4.69) is 13.5 Å². The molecule has 3 fully saturated rings. The van der Waals surface area contributed by atoms with Gasteiger partial charge in [-0.15, -0.1) is 6.58 Å². The Labute approximate surface area is 121 Å². The van der Waals surface area contributed by atoms with Crippen LogP contribution in [0.4, 0.5) is 0 Å². The number of hydrogen-bond acceptors (Lipinski definition) is 3. The molecule has 0 radical (unpaired) electrons. The van der Waals surface area contributed by atoms with Gasteiger partial charge in [0.2, 0.25) is 0 Å². The highest BCUT2D eigenvalue weighted by Crippen LogP contribution is 2.63. The summed E-state index contributed by atoms with van der Waals surface area (Å²) in [4.78, 5) is 12.4. The molecule has 3 rings (SSSR count). The third kappa shape index (κ3) is 2.58. The SMILES string of the molecule is C=CCC1CC(COC2CCCCO2)C2CC2(C)C1=O. The second-order valence-electron chi connectivity index (χ2n) is 6.94.